The summed E-state index contributed by atoms with van der Waals surface area (Å²) in [6.45, 7) is 0.442. The second-order valence-electron chi connectivity index (χ2n) is 8.63. The first-order valence-corrected chi connectivity index (χ1v) is 12.2. The van der Waals surface area contributed by atoms with Crippen LogP contribution in [0.3, 0.4) is 0 Å². The molecule has 0 atom stereocenters. The van der Waals surface area contributed by atoms with Gasteiger partial charge in [0.1, 0.15) is 0 Å². The summed E-state index contributed by atoms with van der Waals surface area (Å²) in [5.74, 6) is 3.38. The number of hydrogen-bond acceptors (Lipinski definition) is 8. The number of carbonyl (C=O) groups excluding carboxylic acids is 1. The Morgan fingerprint density at radius 2 is 1.23 bits per heavy atom. The van der Waals surface area contributed by atoms with Gasteiger partial charge in [0, 0.05) is 17.7 Å². The van der Waals surface area contributed by atoms with Gasteiger partial charge in [-0.25, -0.2) is 0 Å². The fraction of sp³-hybridized carbons (Fsp3) is 0.300. The molecular weight excluding hydrogens is 502 g/mol. The van der Waals surface area contributed by atoms with Gasteiger partial charge in [0.25, 0.3) is 5.91 Å². The van der Waals surface area contributed by atoms with Gasteiger partial charge in [0.15, 0.2) is 34.5 Å². The van der Waals surface area contributed by atoms with E-state index in [4.69, 9.17) is 33.2 Å². The molecule has 0 fully saturated rings. The third kappa shape index (κ3) is 5.25. The lowest BCUT2D eigenvalue weighted by Gasteiger charge is -2.33. The predicted molar refractivity (Wildman–Crippen MR) is 148 cm³/mol. The lowest BCUT2D eigenvalue weighted by atomic mass is 9.93. The number of fused-ring (bicyclic) bond motifs is 1. The average molecular weight is 536 g/mol. The molecule has 0 radical (unpaired) electrons. The molecule has 0 spiro atoms. The first kappa shape index (κ1) is 27.5. The van der Waals surface area contributed by atoms with E-state index in [1.807, 2.05) is 36.4 Å². The molecule has 3 aromatic carbocycles. The van der Waals surface area contributed by atoms with E-state index >= 15 is 0 Å². The Bertz CT molecular complexity index is 1370. The van der Waals surface area contributed by atoms with Crippen LogP contribution in [0.25, 0.3) is 11.8 Å². The lowest BCUT2D eigenvalue weighted by Crippen LogP contribution is -2.35. The molecule has 0 bridgehead atoms. The van der Waals surface area contributed by atoms with Crippen molar-refractivity contribution in [2.75, 3.05) is 56.3 Å². The Labute approximate surface area is 228 Å². The minimum Gasteiger partial charge on any atom is -0.493 e. The fourth-order valence-electron chi connectivity index (χ4n) is 4.69. The van der Waals surface area contributed by atoms with Gasteiger partial charge in [-0.1, -0.05) is 6.07 Å². The van der Waals surface area contributed by atoms with Crippen LogP contribution in [0.1, 0.15) is 27.0 Å². The Morgan fingerprint density at radius 1 is 0.667 bits per heavy atom. The molecule has 0 unspecified atom stereocenters. The molecule has 9 nitrogen and oxygen atoms in total. The van der Waals surface area contributed by atoms with Crippen molar-refractivity contribution < 1.29 is 38.0 Å². The third-order valence-electron chi connectivity index (χ3n) is 6.65. The minimum atomic E-state index is -0.221. The predicted octanol–water partition coefficient (Wildman–Crippen LogP) is 4.94. The van der Waals surface area contributed by atoms with Crippen molar-refractivity contribution in [3.8, 4) is 40.2 Å². The summed E-state index contributed by atoms with van der Waals surface area (Å²) >= 11 is 0. The van der Waals surface area contributed by atoms with E-state index in [0.29, 0.717) is 64.5 Å². The number of methoxy groups -OCH3 is 7. The normalized spacial score (nSPS) is 13.4. The maximum Gasteiger partial charge on any atom is 0.258 e. The Kier molecular flexibility index (Phi) is 8.39. The van der Waals surface area contributed by atoms with Crippen LogP contribution < -0.4 is 33.2 Å². The zero-order chi connectivity index (χ0) is 28.1. The lowest BCUT2D eigenvalue weighted by molar-refractivity contribution is 0.0833. The van der Waals surface area contributed by atoms with Crippen LogP contribution in [-0.2, 0) is 6.42 Å². The van der Waals surface area contributed by atoms with E-state index in [2.05, 4.69) is 0 Å². The summed E-state index contributed by atoms with van der Waals surface area (Å²) in [6, 6.07) is 12.8. The van der Waals surface area contributed by atoms with Gasteiger partial charge in [0.05, 0.1) is 55.5 Å². The largest absolute Gasteiger partial charge is 0.493 e. The molecule has 39 heavy (non-hydrogen) atoms. The third-order valence-corrected chi connectivity index (χ3v) is 6.65. The quantitative estimate of drug-likeness (QED) is 0.381. The van der Waals surface area contributed by atoms with Crippen molar-refractivity contribution in [1.29, 1.82) is 0 Å². The molecule has 0 saturated heterocycles. The first-order chi connectivity index (χ1) is 18.9. The molecule has 0 aliphatic carbocycles. The van der Waals surface area contributed by atoms with Crippen LogP contribution in [0.4, 0.5) is 0 Å². The van der Waals surface area contributed by atoms with Crippen molar-refractivity contribution in [2.24, 2.45) is 0 Å². The fourth-order valence-corrected chi connectivity index (χ4v) is 4.69. The summed E-state index contributed by atoms with van der Waals surface area (Å²) in [7, 11) is 10.9. The molecule has 206 valence electrons. The molecule has 0 aromatic heterocycles. The Morgan fingerprint density at radius 3 is 1.79 bits per heavy atom. The Balaban J connectivity index is 1.89. The van der Waals surface area contributed by atoms with Crippen molar-refractivity contribution in [2.45, 2.75) is 6.42 Å². The van der Waals surface area contributed by atoms with E-state index < -0.39 is 0 Å². The molecule has 1 aliphatic rings. The van der Waals surface area contributed by atoms with Crippen LogP contribution in [-0.4, -0.2) is 67.1 Å². The summed E-state index contributed by atoms with van der Waals surface area (Å²) in [4.78, 5) is 15.8. The standard InChI is InChI=1S/C30H33NO8/c1-33-23-9-8-18(13-24(23)34-2)12-22-21-17-26(36-4)25(35-3)14-19(21)10-11-31(22)30(32)20-15-27(37-5)29(39-7)28(16-20)38-6/h8-9,12-17H,10-11H2,1-7H3. The van der Waals surface area contributed by atoms with Gasteiger partial charge in [0.2, 0.25) is 5.75 Å². The van der Waals surface area contributed by atoms with Gasteiger partial charge in [-0.2, -0.15) is 0 Å². The van der Waals surface area contributed by atoms with Crippen LogP contribution in [0.15, 0.2) is 42.5 Å². The summed E-state index contributed by atoms with van der Waals surface area (Å²) in [6.07, 6.45) is 2.57. The molecule has 1 amide bonds. The van der Waals surface area contributed by atoms with E-state index in [9.17, 15) is 4.79 Å². The van der Waals surface area contributed by atoms with Crippen LogP contribution in [0.2, 0.25) is 0 Å². The monoisotopic (exact) mass is 535 g/mol. The Hall–Kier alpha value is -4.53. The highest BCUT2D eigenvalue weighted by Gasteiger charge is 2.30. The molecule has 1 heterocycles. The molecule has 0 N–H and O–H groups in total. The first-order valence-electron chi connectivity index (χ1n) is 12.2. The van der Waals surface area contributed by atoms with Crippen molar-refractivity contribution in [3.05, 3.63) is 64.7 Å². The number of carbonyl (C=O) groups is 1. The number of benzene rings is 3. The highest BCUT2D eigenvalue weighted by atomic mass is 16.5. The van der Waals surface area contributed by atoms with Crippen molar-refractivity contribution >= 4 is 17.7 Å². The van der Waals surface area contributed by atoms with Gasteiger partial charge >= 0.3 is 0 Å². The maximum absolute atomic E-state index is 14.1. The molecule has 0 saturated carbocycles. The smallest absolute Gasteiger partial charge is 0.258 e. The summed E-state index contributed by atoms with van der Waals surface area (Å²) in [5, 5.41) is 0. The van der Waals surface area contributed by atoms with Crippen molar-refractivity contribution in [3.63, 3.8) is 0 Å². The number of nitrogens with zero attached hydrogens (tertiary/aromatic N) is 1. The zero-order valence-electron chi connectivity index (χ0n) is 23.2. The van der Waals surface area contributed by atoms with Crippen molar-refractivity contribution in [1.82, 2.24) is 4.90 Å². The van der Waals surface area contributed by atoms with Gasteiger partial charge in [-0.3, -0.25) is 4.79 Å². The molecule has 9 heteroatoms. The van der Waals surface area contributed by atoms with Gasteiger partial charge in [-0.15, -0.1) is 0 Å². The van der Waals surface area contributed by atoms with E-state index in [-0.39, 0.29) is 5.91 Å². The van der Waals surface area contributed by atoms with Gasteiger partial charge < -0.3 is 38.1 Å². The van der Waals surface area contributed by atoms with E-state index in [1.165, 1.54) is 21.3 Å². The number of rotatable bonds is 9. The van der Waals surface area contributed by atoms with E-state index in [0.717, 1.165) is 16.7 Å². The van der Waals surface area contributed by atoms with E-state index in [1.54, 1.807) is 45.5 Å². The number of ether oxygens (including phenoxy) is 7. The number of hydrogen-bond donors (Lipinski definition) is 0. The molecule has 4 rings (SSSR count). The highest BCUT2D eigenvalue weighted by Crippen LogP contribution is 2.42. The molecule has 3 aromatic rings. The zero-order valence-corrected chi connectivity index (χ0v) is 23.2. The van der Waals surface area contributed by atoms with Crippen LogP contribution in [0, 0.1) is 0 Å². The summed E-state index contributed by atoms with van der Waals surface area (Å²) < 4.78 is 38.5. The molecular formula is C30H33NO8. The SMILES string of the molecule is COc1ccc(C=C2c3cc(OC)c(OC)cc3CCN2C(=O)c2cc(OC)c(OC)c(OC)c2)cc1OC. The van der Waals surface area contributed by atoms with Crippen LogP contribution in [0.5, 0.6) is 40.2 Å². The van der Waals surface area contributed by atoms with Gasteiger partial charge in [-0.05, 0) is 60.0 Å². The highest BCUT2D eigenvalue weighted by molar-refractivity contribution is 6.03. The maximum atomic E-state index is 14.1. The number of amides is 1. The second kappa shape index (κ2) is 11.9. The minimum absolute atomic E-state index is 0.221. The summed E-state index contributed by atoms with van der Waals surface area (Å²) in [5.41, 5.74) is 3.81. The second-order valence-corrected chi connectivity index (χ2v) is 8.63. The average Bonchev–Trinajstić information content (AvgIpc) is 2.98. The van der Waals surface area contributed by atoms with Crippen LogP contribution >= 0.6 is 0 Å². The topological polar surface area (TPSA) is 84.9 Å². The molecule has 1 aliphatic heterocycles.